The Labute approximate surface area is 135 Å². The summed E-state index contributed by atoms with van der Waals surface area (Å²) in [4.78, 5) is 12.4. The molecule has 0 atom stereocenters. The summed E-state index contributed by atoms with van der Waals surface area (Å²) >= 11 is 6.09. The Morgan fingerprint density at radius 3 is 2.45 bits per heavy atom. The van der Waals surface area contributed by atoms with Gasteiger partial charge in [-0.2, -0.15) is 5.10 Å². The summed E-state index contributed by atoms with van der Waals surface area (Å²) in [5, 5.41) is 4.72. The topological polar surface area (TPSA) is 34.9 Å². The molecule has 3 nitrogen and oxygen atoms in total. The first-order chi connectivity index (χ1) is 10.1. The highest BCUT2D eigenvalue weighted by Crippen LogP contribution is 2.26. The fraction of sp³-hybridized carbons (Fsp3) is 0.412. The van der Waals surface area contributed by atoms with Gasteiger partial charge < -0.3 is 0 Å². The number of nitrogens with zero attached hydrogens (tertiary/aromatic N) is 2. The molecule has 0 unspecified atom stereocenters. The van der Waals surface area contributed by atoms with Crippen LogP contribution in [0.4, 0.5) is 4.39 Å². The molecule has 0 aliphatic rings. The number of hydrogen-bond acceptors (Lipinski definition) is 2. The second kappa shape index (κ2) is 5.84. The number of aryl methyl sites for hydroxylation is 1. The van der Waals surface area contributed by atoms with Gasteiger partial charge in [0.05, 0.1) is 5.69 Å². The lowest BCUT2D eigenvalue weighted by atomic mass is 9.95. The fourth-order valence-electron chi connectivity index (χ4n) is 2.32. The molecule has 5 heteroatoms. The van der Waals surface area contributed by atoms with E-state index in [0.717, 1.165) is 17.0 Å². The summed E-state index contributed by atoms with van der Waals surface area (Å²) in [6, 6.07) is 4.62. The van der Waals surface area contributed by atoms with Crippen molar-refractivity contribution in [1.29, 1.82) is 0 Å². The molecule has 0 spiro atoms. The van der Waals surface area contributed by atoms with Gasteiger partial charge in [0.2, 0.25) is 0 Å². The highest BCUT2D eigenvalue weighted by atomic mass is 35.5. The second-order valence-electron chi connectivity index (χ2n) is 6.49. The van der Waals surface area contributed by atoms with Crippen molar-refractivity contribution in [3.63, 3.8) is 0 Å². The first-order valence-electron chi connectivity index (χ1n) is 7.15. The summed E-state index contributed by atoms with van der Waals surface area (Å²) < 4.78 is 15.4. The number of benzene rings is 1. The molecule has 118 valence electrons. The lowest BCUT2D eigenvalue weighted by molar-refractivity contribution is 0.0745. The third-order valence-corrected chi connectivity index (χ3v) is 4.04. The second-order valence-corrected chi connectivity index (χ2v) is 6.90. The van der Waals surface area contributed by atoms with Crippen molar-refractivity contribution in [2.45, 2.75) is 41.0 Å². The molecule has 0 radical (unpaired) electrons. The maximum absolute atomic E-state index is 14.0. The van der Waals surface area contributed by atoms with Crippen molar-refractivity contribution in [3.8, 4) is 0 Å². The number of hydrogen-bond donors (Lipinski definition) is 0. The molecular weight excluding hydrogens is 303 g/mol. The van der Waals surface area contributed by atoms with Gasteiger partial charge in [-0.1, -0.05) is 38.4 Å². The first-order valence-corrected chi connectivity index (χ1v) is 7.53. The van der Waals surface area contributed by atoms with Gasteiger partial charge in [0.15, 0.2) is 0 Å². The van der Waals surface area contributed by atoms with Crippen LogP contribution in [0.25, 0.3) is 0 Å². The minimum absolute atomic E-state index is 0.0843. The van der Waals surface area contributed by atoms with Gasteiger partial charge in [-0.05, 0) is 26.0 Å². The Morgan fingerprint density at radius 2 is 1.91 bits per heavy atom. The smallest absolute Gasteiger partial charge is 0.252 e. The molecule has 2 rings (SSSR count). The fourth-order valence-corrected chi connectivity index (χ4v) is 2.55. The molecule has 0 amide bonds. The predicted octanol–water partition coefficient (Wildman–Crippen LogP) is 4.57. The molecule has 0 saturated carbocycles. The maximum Gasteiger partial charge on any atom is 0.252 e. The minimum Gasteiger partial charge on any atom is -0.272 e. The maximum atomic E-state index is 14.0. The zero-order valence-electron chi connectivity index (χ0n) is 13.5. The summed E-state index contributed by atoms with van der Waals surface area (Å²) in [6.07, 6.45) is 0.320. The Balaban J connectivity index is 2.46. The van der Waals surface area contributed by atoms with E-state index in [0.29, 0.717) is 17.0 Å². The Bertz CT molecular complexity index is 709. The first kappa shape index (κ1) is 16.7. The number of aromatic nitrogens is 2. The van der Waals surface area contributed by atoms with E-state index in [1.807, 2.05) is 34.6 Å². The molecule has 0 aliphatic heterocycles. The molecule has 0 N–H and O–H groups in total. The lowest BCUT2D eigenvalue weighted by Gasteiger charge is -2.17. The molecule has 0 saturated heterocycles. The van der Waals surface area contributed by atoms with Gasteiger partial charge in [-0.3, -0.25) is 4.79 Å². The molecule has 1 aromatic heterocycles. The summed E-state index contributed by atoms with van der Waals surface area (Å²) in [7, 11) is 0. The third-order valence-electron chi connectivity index (χ3n) is 3.69. The molecular formula is C17H20ClFN2O. The van der Waals surface area contributed by atoms with Crippen LogP contribution in [-0.2, 0) is 6.42 Å². The quantitative estimate of drug-likeness (QED) is 0.811. The summed E-state index contributed by atoms with van der Waals surface area (Å²) in [5.41, 5.74) is 2.18. The monoisotopic (exact) mass is 322 g/mol. The zero-order valence-corrected chi connectivity index (χ0v) is 14.3. The van der Waals surface area contributed by atoms with Crippen LogP contribution in [-0.4, -0.2) is 15.7 Å². The Hall–Kier alpha value is -1.68. The van der Waals surface area contributed by atoms with Crippen molar-refractivity contribution < 1.29 is 9.18 Å². The van der Waals surface area contributed by atoms with Crippen molar-refractivity contribution in [1.82, 2.24) is 9.78 Å². The van der Waals surface area contributed by atoms with E-state index in [1.54, 1.807) is 12.1 Å². The van der Waals surface area contributed by atoms with Crippen molar-refractivity contribution in [2.24, 2.45) is 5.41 Å². The molecule has 0 bridgehead atoms. The van der Waals surface area contributed by atoms with Crippen LogP contribution < -0.4 is 0 Å². The van der Waals surface area contributed by atoms with Crippen LogP contribution in [0.3, 0.4) is 0 Å². The van der Waals surface area contributed by atoms with Crippen LogP contribution >= 0.6 is 11.6 Å². The van der Waals surface area contributed by atoms with E-state index in [1.165, 1.54) is 10.7 Å². The average Bonchev–Trinajstić information content (AvgIpc) is 2.68. The highest BCUT2D eigenvalue weighted by molar-refractivity contribution is 6.31. The normalized spacial score (nSPS) is 11.8. The van der Waals surface area contributed by atoms with Crippen molar-refractivity contribution >= 4 is 17.5 Å². The molecule has 1 heterocycles. The Morgan fingerprint density at radius 1 is 1.27 bits per heavy atom. The SMILES string of the molecule is Cc1nn(C(=O)C(C)(C)C)c(C)c1Cc1c(F)cccc1Cl. The number of halogens is 2. The van der Waals surface area contributed by atoms with E-state index >= 15 is 0 Å². The average molecular weight is 323 g/mol. The van der Waals surface area contributed by atoms with E-state index in [4.69, 9.17) is 11.6 Å². The van der Waals surface area contributed by atoms with Crippen LogP contribution in [0.5, 0.6) is 0 Å². The van der Waals surface area contributed by atoms with Gasteiger partial charge in [0, 0.05) is 33.7 Å². The largest absolute Gasteiger partial charge is 0.272 e. The molecule has 0 fully saturated rings. The van der Waals surface area contributed by atoms with E-state index in [9.17, 15) is 9.18 Å². The van der Waals surface area contributed by atoms with Crippen LogP contribution in [0, 0.1) is 25.1 Å². The van der Waals surface area contributed by atoms with E-state index in [2.05, 4.69) is 5.10 Å². The van der Waals surface area contributed by atoms with Crippen LogP contribution in [0.2, 0.25) is 5.02 Å². The van der Waals surface area contributed by atoms with Crippen molar-refractivity contribution in [2.75, 3.05) is 0 Å². The third kappa shape index (κ3) is 3.07. The molecule has 1 aromatic carbocycles. The van der Waals surface area contributed by atoms with Gasteiger partial charge >= 0.3 is 0 Å². The van der Waals surface area contributed by atoms with Crippen LogP contribution in [0.1, 0.15) is 48.1 Å². The van der Waals surface area contributed by atoms with Gasteiger partial charge in [0.25, 0.3) is 5.91 Å². The standard InChI is InChI=1S/C17H20ClFN2O/c1-10-12(9-13-14(18)7-6-8-15(13)19)11(2)21(20-10)16(22)17(3,4)5/h6-8H,9H2,1-5H3. The van der Waals surface area contributed by atoms with Crippen molar-refractivity contribution in [3.05, 3.63) is 51.6 Å². The van der Waals surface area contributed by atoms with Gasteiger partial charge in [-0.15, -0.1) is 0 Å². The van der Waals surface area contributed by atoms with Crippen LogP contribution in [0.15, 0.2) is 18.2 Å². The summed E-state index contributed by atoms with van der Waals surface area (Å²) in [5.74, 6) is -0.430. The molecule has 22 heavy (non-hydrogen) atoms. The number of carbonyl (C=O) groups excluding carboxylic acids is 1. The lowest BCUT2D eigenvalue weighted by Crippen LogP contribution is -2.28. The highest BCUT2D eigenvalue weighted by Gasteiger charge is 2.27. The molecule has 2 aromatic rings. The minimum atomic E-state index is -0.532. The summed E-state index contributed by atoms with van der Waals surface area (Å²) in [6.45, 7) is 9.19. The van der Waals surface area contributed by atoms with E-state index < -0.39 is 5.41 Å². The predicted molar refractivity (Wildman–Crippen MR) is 86.0 cm³/mol. The number of carbonyl (C=O) groups is 1. The van der Waals surface area contributed by atoms with Gasteiger partial charge in [0.1, 0.15) is 5.82 Å². The number of rotatable bonds is 2. The van der Waals surface area contributed by atoms with Gasteiger partial charge in [-0.25, -0.2) is 9.07 Å². The van der Waals surface area contributed by atoms with E-state index in [-0.39, 0.29) is 11.7 Å². The molecule has 0 aliphatic carbocycles. The zero-order chi connectivity index (χ0) is 16.7. The Kier molecular flexibility index (Phi) is 4.43.